The zero-order valence-electron chi connectivity index (χ0n) is 10.6. The molecule has 0 bridgehead atoms. The molecule has 1 unspecified atom stereocenters. The van der Waals surface area contributed by atoms with Crippen LogP contribution in [0.4, 0.5) is 0 Å². The third-order valence-corrected chi connectivity index (χ3v) is 5.21. The second kappa shape index (κ2) is 7.54. The summed E-state index contributed by atoms with van der Waals surface area (Å²) in [6, 6.07) is 9.45. The molecule has 0 aliphatic carbocycles. The van der Waals surface area contributed by atoms with Gasteiger partial charge < -0.3 is 9.05 Å². The van der Waals surface area contributed by atoms with Gasteiger partial charge in [-0.1, -0.05) is 25.1 Å². The van der Waals surface area contributed by atoms with E-state index in [9.17, 15) is 0 Å². The predicted octanol–water partition coefficient (Wildman–Crippen LogP) is 2.69. The highest BCUT2D eigenvalue weighted by Crippen LogP contribution is 2.47. The molecular formula is C12H18NO3PS. The van der Waals surface area contributed by atoms with E-state index in [0.717, 1.165) is 11.7 Å². The minimum Gasteiger partial charge on any atom is -0.423 e. The zero-order chi connectivity index (χ0) is 13.4. The summed E-state index contributed by atoms with van der Waals surface area (Å²) < 4.78 is 10.9. The highest BCUT2D eigenvalue weighted by Gasteiger charge is 2.22. The molecule has 0 aromatic heterocycles. The molecule has 0 fully saturated rings. The quantitative estimate of drug-likeness (QED) is 0.344. The van der Waals surface area contributed by atoms with Crippen LogP contribution in [0.25, 0.3) is 0 Å². The fourth-order valence-electron chi connectivity index (χ4n) is 1.20. The van der Waals surface area contributed by atoms with E-state index in [1.54, 1.807) is 0 Å². The lowest BCUT2D eigenvalue weighted by Crippen LogP contribution is -2.18. The van der Waals surface area contributed by atoms with E-state index in [4.69, 9.17) is 25.7 Å². The molecule has 0 saturated heterocycles. The first-order valence-corrected chi connectivity index (χ1v) is 8.24. The Kier molecular flexibility index (Phi) is 6.36. The van der Waals surface area contributed by atoms with Gasteiger partial charge in [-0.2, -0.15) is 0 Å². The van der Waals surface area contributed by atoms with Crippen molar-refractivity contribution in [1.29, 1.82) is 0 Å². The van der Waals surface area contributed by atoms with Crippen LogP contribution in [0, 0.1) is 0 Å². The molecule has 1 atom stereocenters. The number of benzene rings is 1. The molecule has 0 amide bonds. The van der Waals surface area contributed by atoms with Crippen molar-refractivity contribution in [2.75, 3.05) is 13.7 Å². The molecule has 4 nitrogen and oxygen atoms in total. The summed E-state index contributed by atoms with van der Waals surface area (Å²) >= 11 is 5.43. The van der Waals surface area contributed by atoms with Crippen molar-refractivity contribution in [3.05, 3.63) is 42.8 Å². The fraction of sp³-hybridized carbons (Fsp3) is 0.333. The average molecular weight is 287 g/mol. The first-order chi connectivity index (χ1) is 8.62. The van der Waals surface area contributed by atoms with E-state index in [-0.39, 0.29) is 5.88 Å². The van der Waals surface area contributed by atoms with Crippen molar-refractivity contribution in [2.24, 2.45) is 0 Å². The number of hydroxylamine groups is 1. The second-order valence-corrected chi connectivity index (χ2v) is 6.98. The van der Waals surface area contributed by atoms with Crippen LogP contribution >= 0.6 is 6.49 Å². The van der Waals surface area contributed by atoms with E-state index in [1.165, 1.54) is 7.11 Å². The molecule has 0 aliphatic heterocycles. The molecule has 1 N–H and O–H groups in total. The largest absolute Gasteiger partial charge is 0.423 e. The highest BCUT2D eigenvalue weighted by molar-refractivity contribution is 8.13. The Morgan fingerprint density at radius 2 is 2.06 bits per heavy atom. The summed E-state index contributed by atoms with van der Waals surface area (Å²) in [4.78, 5) is 5.11. The summed E-state index contributed by atoms with van der Waals surface area (Å²) in [6.45, 7) is 3.72. The topological polar surface area (TPSA) is 39.7 Å². The second-order valence-electron chi connectivity index (χ2n) is 3.48. The Morgan fingerprint density at radius 3 is 2.61 bits per heavy atom. The summed E-state index contributed by atoms with van der Waals surface area (Å²) in [5.41, 5.74) is 2.61. The van der Waals surface area contributed by atoms with Crippen LogP contribution < -0.4 is 10.8 Å². The maximum absolute atomic E-state index is 5.59. The molecule has 1 rings (SSSR count). The van der Waals surface area contributed by atoms with Gasteiger partial charge in [-0.05, 0) is 36.9 Å². The van der Waals surface area contributed by atoms with Crippen molar-refractivity contribution in [3.63, 3.8) is 0 Å². The lowest BCUT2D eigenvalue weighted by atomic mass is 10.4. The van der Waals surface area contributed by atoms with Gasteiger partial charge in [0.2, 0.25) is 5.88 Å². The molecule has 6 heteroatoms. The Morgan fingerprint density at radius 1 is 1.39 bits per heavy atom. The number of hydrogen-bond donors (Lipinski definition) is 1. The van der Waals surface area contributed by atoms with Crippen molar-refractivity contribution in [3.8, 4) is 0 Å². The third-order valence-electron chi connectivity index (χ3n) is 2.04. The van der Waals surface area contributed by atoms with Crippen LogP contribution in [0.3, 0.4) is 0 Å². The summed E-state index contributed by atoms with van der Waals surface area (Å²) in [5, 5.41) is 0.834. The number of hydrogen-bond acceptors (Lipinski definition) is 5. The number of nitrogens with one attached hydrogen (secondary N) is 1. The lowest BCUT2D eigenvalue weighted by molar-refractivity contribution is 0.0386. The molecule has 0 saturated carbocycles. The maximum Gasteiger partial charge on any atom is 0.270 e. The van der Waals surface area contributed by atoms with E-state index in [1.807, 2.05) is 37.3 Å². The molecule has 0 heterocycles. The molecule has 0 spiro atoms. The SMILES string of the molecule is C=C(NOCCC)OP(=S)(OC)c1ccccc1. The zero-order valence-corrected chi connectivity index (χ0v) is 12.3. The van der Waals surface area contributed by atoms with Gasteiger partial charge in [0, 0.05) is 12.4 Å². The highest BCUT2D eigenvalue weighted by atomic mass is 32.5. The normalized spacial score (nSPS) is 13.7. The minimum absolute atomic E-state index is 0.262. The first kappa shape index (κ1) is 15.2. The van der Waals surface area contributed by atoms with Gasteiger partial charge in [0.1, 0.15) is 0 Å². The summed E-state index contributed by atoms with van der Waals surface area (Å²) in [6.07, 6.45) is 0.900. The third kappa shape index (κ3) is 4.42. The monoisotopic (exact) mass is 287 g/mol. The smallest absolute Gasteiger partial charge is 0.270 e. The van der Waals surface area contributed by atoms with Crippen LogP contribution in [-0.2, 0) is 25.7 Å². The Bertz CT molecular complexity index is 425. The maximum atomic E-state index is 5.59. The predicted molar refractivity (Wildman–Crippen MR) is 77.0 cm³/mol. The van der Waals surface area contributed by atoms with E-state index >= 15 is 0 Å². The van der Waals surface area contributed by atoms with E-state index in [2.05, 4.69) is 12.1 Å². The van der Waals surface area contributed by atoms with Gasteiger partial charge in [-0.15, -0.1) is 0 Å². The Labute approximate surface area is 113 Å². The van der Waals surface area contributed by atoms with Gasteiger partial charge in [0.15, 0.2) is 0 Å². The first-order valence-electron chi connectivity index (χ1n) is 5.60. The summed E-state index contributed by atoms with van der Waals surface area (Å²) in [5.74, 6) is 0.262. The molecular weight excluding hydrogens is 269 g/mol. The van der Waals surface area contributed by atoms with Gasteiger partial charge >= 0.3 is 0 Å². The van der Waals surface area contributed by atoms with Crippen molar-refractivity contribution < 1.29 is 13.9 Å². The van der Waals surface area contributed by atoms with Crippen LogP contribution in [0.15, 0.2) is 42.8 Å². The van der Waals surface area contributed by atoms with E-state index in [0.29, 0.717) is 6.61 Å². The van der Waals surface area contributed by atoms with Crippen LogP contribution in [0.5, 0.6) is 0 Å². The Hall–Kier alpha value is -0.870. The summed E-state index contributed by atoms with van der Waals surface area (Å²) in [7, 11) is 1.54. The van der Waals surface area contributed by atoms with Gasteiger partial charge in [0.05, 0.1) is 6.61 Å². The van der Waals surface area contributed by atoms with E-state index < -0.39 is 6.49 Å². The van der Waals surface area contributed by atoms with Crippen LogP contribution in [0.1, 0.15) is 13.3 Å². The van der Waals surface area contributed by atoms with Crippen molar-refractivity contribution in [1.82, 2.24) is 5.48 Å². The molecule has 1 aromatic rings. The van der Waals surface area contributed by atoms with Crippen LogP contribution in [-0.4, -0.2) is 13.7 Å². The number of rotatable bonds is 8. The minimum atomic E-state index is -2.57. The lowest BCUT2D eigenvalue weighted by Gasteiger charge is -2.22. The molecule has 0 aliphatic rings. The van der Waals surface area contributed by atoms with Gasteiger partial charge in [-0.3, -0.25) is 4.84 Å². The average Bonchev–Trinajstić information content (AvgIpc) is 2.40. The molecule has 1 aromatic carbocycles. The standard InChI is InChI=1S/C12H18NO3PS/c1-4-10-15-13-11(2)16-17(18,14-3)12-8-6-5-7-9-12/h5-9,13H,2,4,10H2,1,3H3. The fourth-order valence-corrected chi connectivity index (χ4v) is 3.09. The van der Waals surface area contributed by atoms with Crippen molar-refractivity contribution in [2.45, 2.75) is 13.3 Å². The van der Waals surface area contributed by atoms with Crippen LogP contribution in [0.2, 0.25) is 0 Å². The molecule has 18 heavy (non-hydrogen) atoms. The molecule has 0 radical (unpaired) electrons. The molecule has 100 valence electrons. The van der Waals surface area contributed by atoms with Crippen molar-refractivity contribution >= 4 is 23.6 Å². The van der Waals surface area contributed by atoms with Gasteiger partial charge in [0.25, 0.3) is 6.49 Å². The van der Waals surface area contributed by atoms with Gasteiger partial charge in [-0.25, -0.2) is 5.48 Å². The Balaban J connectivity index is 2.66.